The fraction of sp³-hybridized carbons (Fsp3) is 0.696. The van der Waals surface area contributed by atoms with Crippen molar-refractivity contribution in [1.82, 2.24) is 4.90 Å². The molecule has 1 aliphatic heterocycles. The summed E-state index contributed by atoms with van der Waals surface area (Å²) in [5, 5.41) is 0. The van der Waals surface area contributed by atoms with E-state index in [1.54, 1.807) is 43.0 Å². The van der Waals surface area contributed by atoms with E-state index in [9.17, 15) is 17.6 Å². The minimum absolute atomic E-state index is 0.296. The molecule has 1 aromatic carbocycles. The second kappa shape index (κ2) is 9.35. The molecule has 1 aromatic rings. The molecule has 1 saturated heterocycles. The topological polar surface area (TPSA) is 72.9 Å². The Morgan fingerprint density at radius 1 is 1.19 bits per heavy atom. The summed E-state index contributed by atoms with van der Waals surface area (Å²) in [5.74, 6) is 1.38. The Labute approximate surface area is 185 Å². The average molecular weight is 456 g/mol. The maximum Gasteiger partial charge on any atom is 0.410 e. The average Bonchev–Trinajstić information content (AvgIpc) is 2.69. The van der Waals surface area contributed by atoms with Crippen molar-refractivity contribution in [2.75, 3.05) is 32.6 Å². The second-order valence-electron chi connectivity index (χ2n) is 9.76. The Morgan fingerprint density at radius 3 is 2.35 bits per heavy atom. The van der Waals surface area contributed by atoms with E-state index in [2.05, 4.69) is 0 Å². The number of rotatable bonds is 8. The number of hydrogen-bond donors (Lipinski definition) is 0. The molecule has 2 aliphatic rings. The SMILES string of the molecule is CC(C)(CF)OC(=O)N1CCC2(CC1)CC(CCCOc1ccc(S(C)(=O)=O)cc1)C2. The van der Waals surface area contributed by atoms with Gasteiger partial charge in [-0.3, -0.25) is 0 Å². The summed E-state index contributed by atoms with van der Waals surface area (Å²) >= 11 is 0. The normalized spacial score (nSPS) is 19.2. The number of sulfone groups is 1. The van der Waals surface area contributed by atoms with Crippen LogP contribution in [0.3, 0.4) is 0 Å². The summed E-state index contributed by atoms with van der Waals surface area (Å²) in [6, 6.07) is 6.53. The number of ether oxygens (including phenoxy) is 2. The van der Waals surface area contributed by atoms with Gasteiger partial charge in [-0.2, -0.15) is 0 Å². The lowest BCUT2D eigenvalue weighted by atomic mass is 9.56. The lowest BCUT2D eigenvalue weighted by Gasteiger charge is -2.52. The zero-order chi connectivity index (χ0) is 22.7. The maximum atomic E-state index is 12.9. The first kappa shape index (κ1) is 23.8. The molecule has 0 aromatic heterocycles. The van der Waals surface area contributed by atoms with Gasteiger partial charge in [0, 0.05) is 19.3 Å². The number of benzene rings is 1. The van der Waals surface area contributed by atoms with Crippen molar-refractivity contribution in [3.05, 3.63) is 24.3 Å². The van der Waals surface area contributed by atoms with Gasteiger partial charge in [-0.05, 0) is 88.0 Å². The first-order valence-corrected chi connectivity index (χ1v) is 12.9. The smallest absolute Gasteiger partial charge is 0.410 e. The predicted octanol–water partition coefficient (Wildman–Crippen LogP) is 4.63. The number of nitrogens with zero attached hydrogens (tertiary/aromatic N) is 1. The highest BCUT2D eigenvalue weighted by molar-refractivity contribution is 7.90. The minimum Gasteiger partial charge on any atom is -0.494 e. The highest BCUT2D eigenvalue weighted by Crippen LogP contribution is 2.54. The van der Waals surface area contributed by atoms with Gasteiger partial charge in [0.05, 0.1) is 11.5 Å². The quantitative estimate of drug-likeness (QED) is 0.535. The lowest BCUT2D eigenvalue weighted by Crippen LogP contribution is -2.50. The van der Waals surface area contributed by atoms with Crippen molar-refractivity contribution in [3.63, 3.8) is 0 Å². The maximum absolute atomic E-state index is 12.9. The molecule has 8 heteroatoms. The standard InChI is InChI=1S/C23H34FNO5S/c1-22(2,17-24)30-21(26)25-12-10-23(11-13-25)15-18(16-23)5-4-14-29-19-6-8-20(9-7-19)31(3,27)28/h6-9,18H,4-5,10-17H2,1-3H3. The van der Waals surface area contributed by atoms with Crippen LogP contribution in [-0.4, -0.2) is 57.6 Å². The van der Waals surface area contributed by atoms with Crippen LogP contribution in [0.25, 0.3) is 0 Å². The molecule has 6 nitrogen and oxygen atoms in total. The minimum atomic E-state index is -3.18. The predicted molar refractivity (Wildman–Crippen MR) is 117 cm³/mol. The van der Waals surface area contributed by atoms with Crippen LogP contribution in [-0.2, 0) is 14.6 Å². The van der Waals surface area contributed by atoms with Crippen LogP contribution in [0.5, 0.6) is 5.75 Å². The van der Waals surface area contributed by atoms with Gasteiger partial charge in [-0.15, -0.1) is 0 Å². The second-order valence-corrected chi connectivity index (χ2v) is 11.8. The molecule has 3 rings (SSSR count). The Balaban J connectivity index is 1.32. The molecule has 2 fully saturated rings. The van der Waals surface area contributed by atoms with Crippen molar-refractivity contribution in [3.8, 4) is 5.75 Å². The van der Waals surface area contributed by atoms with Gasteiger partial charge in [0.2, 0.25) is 0 Å². The fourth-order valence-corrected chi connectivity index (χ4v) is 5.24. The molecule has 0 N–H and O–H groups in total. The van der Waals surface area contributed by atoms with E-state index in [0.29, 0.717) is 41.7 Å². The van der Waals surface area contributed by atoms with Gasteiger partial charge in [0.25, 0.3) is 0 Å². The summed E-state index contributed by atoms with van der Waals surface area (Å²) < 4.78 is 46.9. The van der Waals surface area contributed by atoms with E-state index in [1.165, 1.54) is 19.1 Å². The highest BCUT2D eigenvalue weighted by atomic mass is 32.2. The van der Waals surface area contributed by atoms with E-state index < -0.39 is 28.2 Å². The number of piperidine rings is 1. The summed E-state index contributed by atoms with van der Waals surface area (Å²) in [6.07, 6.45) is 7.21. The monoisotopic (exact) mass is 455 g/mol. The molecule has 1 amide bonds. The molecule has 0 atom stereocenters. The summed E-state index contributed by atoms with van der Waals surface area (Å²) in [6.45, 7) is 4.46. The summed E-state index contributed by atoms with van der Waals surface area (Å²) in [7, 11) is -3.18. The molecule has 0 radical (unpaired) electrons. The third kappa shape index (κ3) is 6.34. The van der Waals surface area contributed by atoms with E-state index in [0.717, 1.165) is 25.7 Å². The van der Waals surface area contributed by atoms with Gasteiger partial charge in [-0.1, -0.05) is 0 Å². The van der Waals surface area contributed by atoms with Crippen molar-refractivity contribution in [2.24, 2.45) is 11.3 Å². The highest BCUT2D eigenvalue weighted by Gasteiger charge is 2.46. The van der Waals surface area contributed by atoms with Gasteiger partial charge < -0.3 is 14.4 Å². The van der Waals surface area contributed by atoms with Gasteiger partial charge in [0.1, 0.15) is 18.0 Å². The van der Waals surface area contributed by atoms with Crippen LogP contribution in [0.1, 0.15) is 52.4 Å². The molecule has 174 valence electrons. The van der Waals surface area contributed by atoms with Crippen molar-refractivity contribution in [2.45, 2.75) is 62.9 Å². The Morgan fingerprint density at radius 2 is 1.81 bits per heavy atom. The Bertz CT molecular complexity index is 852. The number of alkyl halides is 1. The number of carbonyl (C=O) groups is 1. The Hall–Kier alpha value is -1.83. The Kier molecular flexibility index (Phi) is 7.18. The van der Waals surface area contributed by atoms with E-state index in [1.807, 2.05) is 0 Å². The van der Waals surface area contributed by atoms with Crippen LogP contribution >= 0.6 is 0 Å². The largest absolute Gasteiger partial charge is 0.494 e. The first-order chi connectivity index (χ1) is 14.5. The molecule has 1 heterocycles. The molecule has 1 saturated carbocycles. The summed E-state index contributed by atoms with van der Waals surface area (Å²) in [4.78, 5) is 14.2. The van der Waals surface area contributed by atoms with Gasteiger partial charge in [0.15, 0.2) is 9.84 Å². The first-order valence-electron chi connectivity index (χ1n) is 11.0. The number of carbonyl (C=O) groups excluding carboxylic acids is 1. The van der Waals surface area contributed by atoms with Gasteiger partial charge >= 0.3 is 6.09 Å². The van der Waals surface area contributed by atoms with Crippen molar-refractivity contribution in [1.29, 1.82) is 0 Å². The van der Waals surface area contributed by atoms with E-state index in [-0.39, 0.29) is 0 Å². The third-order valence-electron chi connectivity index (χ3n) is 6.49. The lowest BCUT2D eigenvalue weighted by molar-refractivity contribution is -0.0379. The van der Waals surface area contributed by atoms with Crippen LogP contribution in [0.2, 0.25) is 0 Å². The van der Waals surface area contributed by atoms with Crippen molar-refractivity contribution >= 4 is 15.9 Å². The van der Waals surface area contributed by atoms with Crippen LogP contribution in [0.15, 0.2) is 29.2 Å². The molecule has 1 spiro atoms. The fourth-order valence-electron chi connectivity index (χ4n) is 4.61. The van der Waals surface area contributed by atoms with Crippen LogP contribution in [0, 0.1) is 11.3 Å². The van der Waals surface area contributed by atoms with E-state index >= 15 is 0 Å². The number of amides is 1. The number of hydrogen-bond acceptors (Lipinski definition) is 5. The molecular formula is C23H34FNO5S. The van der Waals surface area contributed by atoms with Crippen LogP contribution in [0.4, 0.5) is 9.18 Å². The molecule has 31 heavy (non-hydrogen) atoms. The van der Waals surface area contributed by atoms with Crippen LogP contribution < -0.4 is 4.74 Å². The van der Waals surface area contributed by atoms with Crippen molar-refractivity contribution < 1.29 is 27.1 Å². The number of halogens is 1. The zero-order valence-corrected chi connectivity index (χ0v) is 19.5. The third-order valence-corrected chi connectivity index (χ3v) is 7.62. The molecule has 1 aliphatic carbocycles. The molecular weight excluding hydrogens is 421 g/mol. The molecule has 0 unspecified atom stereocenters. The van der Waals surface area contributed by atoms with E-state index in [4.69, 9.17) is 9.47 Å². The zero-order valence-electron chi connectivity index (χ0n) is 18.7. The summed E-state index contributed by atoms with van der Waals surface area (Å²) in [5.41, 5.74) is -0.717. The van der Waals surface area contributed by atoms with Gasteiger partial charge in [-0.25, -0.2) is 17.6 Å². The molecule has 0 bridgehead atoms. The number of likely N-dealkylation sites (tertiary alicyclic amines) is 1.